The summed E-state index contributed by atoms with van der Waals surface area (Å²) in [6, 6.07) is 2.06. The van der Waals surface area contributed by atoms with Crippen molar-refractivity contribution < 1.29 is 8.78 Å². The summed E-state index contributed by atoms with van der Waals surface area (Å²) in [7, 11) is 0. The quantitative estimate of drug-likeness (QED) is 0.765. The zero-order valence-electron chi connectivity index (χ0n) is 7.92. The SMILES string of the molecule is Cc1cc(F)c(-n2cc[nH]c2=O)cc1F. The van der Waals surface area contributed by atoms with Crippen molar-refractivity contribution in [3.05, 3.63) is 52.2 Å². The second-order valence-electron chi connectivity index (χ2n) is 3.19. The molecule has 15 heavy (non-hydrogen) atoms. The molecule has 2 rings (SSSR count). The highest BCUT2D eigenvalue weighted by molar-refractivity contribution is 5.37. The van der Waals surface area contributed by atoms with E-state index in [1.54, 1.807) is 0 Å². The van der Waals surface area contributed by atoms with Crippen LogP contribution in [0.1, 0.15) is 5.56 Å². The summed E-state index contributed by atoms with van der Waals surface area (Å²) >= 11 is 0. The number of nitrogens with one attached hydrogen (secondary N) is 1. The summed E-state index contributed by atoms with van der Waals surface area (Å²) in [6.45, 7) is 1.46. The molecule has 0 atom stereocenters. The number of rotatable bonds is 1. The Kier molecular flexibility index (Phi) is 2.15. The van der Waals surface area contributed by atoms with E-state index in [1.165, 1.54) is 19.3 Å². The molecule has 3 nitrogen and oxygen atoms in total. The highest BCUT2D eigenvalue weighted by atomic mass is 19.1. The fourth-order valence-electron chi connectivity index (χ4n) is 1.33. The van der Waals surface area contributed by atoms with E-state index in [0.717, 1.165) is 16.7 Å². The summed E-state index contributed by atoms with van der Waals surface area (Å²) in [5.74, 6) is -1.17. The molecule has 0 bridgehead atoms. The van der Waals surface area contributed by atoms with Gasteiger partial charge in [-0.25, -0.2) is 13.6 Å². The third kappa shape index (κ3) is 1.56. The van der Waals surface area contributed by atoms with Crippen LogP contribution in [0.4, 0.5) is 8.78 Å². The van der Waals surface area contributed by atoms with Crippen molar-refractivity contribution >= 4 is 0 Å². The number of hydrogen-bond acceptors (Lipinski definition) is 1. The molecular formula is C10H8F2N2O. The van der Waals surface area contributed by atoms with Gasteiger partial charge in [-0.1, -0.05) is 0 Å². The smallest absolute Gasteiger partial charge is 0.312 e. The number of nitrogens with zero attached hydrogens (tertiary/aromatic N) is 1. The van der Waals surface area contributed by atoms with Crippen LogP contribution in [-0.4, -0.2) is 9.55 Å². The molecule has 5 heteroatoms. The lowest BCUT2D eigenvalue weighted by molar-refractivity contribution is 0.584. The Hall–Kier alpha value is -1.91. The summed E-state index contributed by atoms with van der Waals surface area (Å²) in [4.78, 5) is 13.5. The van der Waals surface area contributed by atoms with Crippen molar-refractivity contribution in [3.63, 3.8) is 0 Å². The van der Waals surface area contributed by atoms with Gasteiger partial charge in [0, 0.05) is 18.5 Å². The van der Waals surface area contributed by atoms with Crippen molar-refractivity contribution in [2.45, 2.75) is 6.92 Å². The minimum atomic E-state index is -0.629. The highest BCUT2D eigenvalue weighted by Gasteiger charge is 2.10. The van der Waals surface area contributed by atoms with Crippen LogP contribution < -0.4 is 5.69 Å². The molecule has 0 saturated heterocycles. The van der Waals surface area contributed by atoms with E-state index < -0.39 is 17.3 Å². The van der Waals surface area contributed by atoms with Crippen LogP contribution in [0.5, 0.6) is 0 Å². The van der Waals surface area contributed by atoms with Crippen LogP contribution in [0.3, 0.4) is 0 Å². The van der Waals surface area contributed by atoms with Gasteiger partial charge in [-0.15, -0.1) is 0 Å². The molecule has 0 saturated carbocycles. The first kappa shape index (κ1) is 9.64. The zero-order chi connectivity index (χ0) is 11.0. The number of aromatic nitrogens is 2. The van der Waals surface area contributed by atoms with Gasteiger partial charge >= 0.3 is 5.69 Å². The Bertz CT molecular complexity index is 557. The van der Waals surface area contributed by atoms with Crippen LogP contribution in [0.2, 0.25) is 0 Å². The Labute approximate surface area is 84.0 Å². The first-order valence-electron chi connectivity index (χ1n) is 4.31. The molecule has 2 aromatic rings. The van der Waals surface area contributed by atoms with Gasteiger partial charge in [0.1, 0.15) is 11.6 Å². The largest absolute Gasteiger partial charge is 0.330 e. The van der Waals surface area contributed by atoms with Crippen LogP contribution in [0.25, 0.3) is 5.69 Å². The average Bonchev–Trinajstić information content (AvgIpc) is 2.58. The normalized spacial score (nSPS) is 10.6. The summed E-state index contributed by atoms with van der Waals surface area (Å²) in [6.07, 6.45) is 2.70. The average molecular weight is 210 g/mol. The van der Waals surface area contributed by atoms with E-state index in [4.69, 9.17) is 0 Å². The van der Waals surface area contributed by atoms with Gasteiger partial charge < -0.3 is 4.98 Å². The zero-order valence-corrected chi connectivity index (χ0v) is 7.92. The fraction of sp³-hybridized carbons (Fsp3) is 0.100. The van der Waals surface area contributed by atoms with Gasteiger partial charge in [-0.2, -0.15) is 0 Å². The first-order valence-corrected chi connectivity index (χ1v) is 4.31. The van der Waals surface area contributed by atoms with Crippen molar-refractivity contribution in [1.82, 2.24) is 9.55 Å². The molecule has 0 radical (unpaired) electrons. The van der Waals surface area contributed by atoms with Crippen LogP contribution in [0.15, 0.2) is 29.3 Å². The molecule has 78 valence electrons. The molecule has 1 heterocycles. The molecule has 1 aromatic heterocycles. The Morgan fingerprint density at radius 3 is 2.60 bits per heavy atom. The first-order chi connectivity index (χ1) is 7.09. The Morgan fingerprint density at radius 2 is 2.00 bits per heavy atom. The van der Waals surface area contributed by atoms with Crippen molar-refractivity contribution in [1.29, 1.82) is 0 Å². The fourth-order valence-corrected chi connectivity index (χ4v) is 1.33. The van der Waals surface area contributed by atoms with Gasteiger partial charge in [0.2, 0.25) is 0 Å². The predicted molar refractivity (Wildman–Crippen MR) is 51.0 cm³/mol. The maximum atomic E-state index is 13.4. The van der Waals surface area contributed by atoms with Crippen LogP contribution in [0, 0.1) is 18.6 Å². The maximum absolute atomic E-state index is 13.4. The monoisotopic (exact) mass is 210 g/mol. The number of imidazole rings is 1. The molecule has 0 amide bonds. The van der Waals surface area contributed by atoms with E-state index in [2.05, 4.69) is 4.98 Å². The lowest BCUT2D eigenvalue weighted by atomic mass is 10.2. The van der Waals surface area contributed by atoms with Gasteiger partial charge in [0.25, 0.3) is 0 Å². The number of halogens is 2. The van der Waals surface area contributed by atoms with Gasteiger partial charge in [-0.3, -0.25) is 4.57 Å². The summed E-state index contributed by atoms with van der Waals surface area (Å²) in [5.41, 5.74) is -0.388. The minimum Gasteiger partial charge on any atom is -0.312 e. The molecule has 0 unspecified atom stereocenters. The number of hydrogen-bond donors (Lipinski definition) is 1. The summed E-state index contributed by atoms with van der Waals surface area (Å²) in [5, 5.41) is 0. The van der Waals surface area contributed by atoms with Crippen molar-refractivity contribution in [2.75, 3.05) is 0 Å². The third-order valence-electron chi connectivity index (χ3n) is 2.14. The van der Waals surface area contributed by atoms with Crippen molar-refractivity contribution in [3.8, 4) is 5.69 Å². The van der Waals surface area contributed by atoms with Crippen molar-refractivity contribution in [2.24, 2.45) is 0 Å². The molecular weight excluding hydrogens is 202 g/mol. The van der Waals surface area contributed by atoms with Crippen LogP contribution >= 0.6 is 0 Å². The maximum Gasteiger partial charge on any atom is 0.330 e. The van der Waals surface area contributed by atoms with E-state index >= 15 is 0 Å². The molecule has 0 fully saturated rings. The van der Waals surface area contributed by atoms with Gasteiger partial charge in [0.05, 0.1) is 5.69 Å². The van der Waals surface area contributed by atoms with Gasteiger partial charge in [0.15, 0.2) is 0 Å². The third-order valence-corrected chi connectivity index (χ3v) is 2.14. The molecule has 1 N–H and O–H groups in total. The number of aromatic amines is 1. The van der Waals surface area contributed by atoms with Crippen LogP contribution in [-0.2, 0) is 0 Å². The van der Waals surface area contributed by atoms with E-state index in [-0.39, 0.29) is 11.3 Å². The lowest BCUT2D eigenvalue weighted by Gasteiger charge is -2.04. The van der Waals surface area contributed by atoms with E-state index in [1.807, 2.05) is 0 Å². The summed E-state index contributed by atoms with van der Waals surface area (Å²) < 4.78 is 27.6. The number of H-pyrrole nitrogens is 1. The second-order valence-corrected chi connectivity index (χ2v) is 3.19. The lowest BCUT2D eigenvalue weighted by Crippen LogP contribution is -2.15. The molecule has 0 aliphatic carbocycles. The minimum absolute atomic E-state index is 0.0932. The number of aryl methyl sites for hydroxylation is 1. The second kappa shape index (κ2) is 3.34. The Balaban J connectivity index is 2.69. The standard InChI is InChI=1S/C10H8F2N2O/c1-6-4-8(12)9(5-7(6)11)14-3-2-13-10(14)15/h2-5H,1H3,(H,13,15). The topological polar surface area (TPSA) is 37.8 Å². The Morgan fingerprint density at radius 1 is 1.27 bits per heavy atom. The van der Waals surface area contributed by atoms with Gasteiger partial charge in [-0.05, 0) is 18.6 Å². The highest BCUT2D eigenvalue weighted by Crippen LogP contribution is 2.16. The van der Waals surface area contributed by atoms with E-state index in [9.17, 15) is 13.6 Å². The number of benzene rings is 1. The molecule has 1 aromatic carbocycles. The molecule has 0 aliphatic heterocycles. The predicted octanol–water partition coefficient (Wildman–Crippen LogP) is 1.75. The van der Waals surface area contributed by atoms with E-state index in [0.29, 0.717) is 0 Å². The molecule has 0 spiro atoms. The molecule has 0 aliphatic rings.